The molecule has 0 saturated heterocycles. The second kappa shape index (κ2) is 16.2. The lowest BCUT2D eigenvalue weighted by Gasteiger charge is -2.20. The molecule has 0 fully saturated rings. The van der Waals surface area contributed by atoms with E-state index in [0.29, 0.717) is 19.3 Å². The topological polar surface area (TPSA) is 87.3 Å². The summed E-state index contributed by atoms with van der Waals surface area (Å²) >= 11 is 0. The zero-order valence-electron chi connectivity index (χ0n) is 24.1. The highest BCUT2D eigenvalue weighted by Crippen LogP contribution is 2.34. The lowest BCUT2D eigenvalue weighted by molar-refractivity contribution is -0.117. The van der Waals surface area contributed by atoms with Gasteiger partial charge in [0.15, 0.2) is 0 Å². The fourth-order valence-corrected chi connectivity index (χ4v) is 4.54. The van der Waals surface area contributed by atoms with Gasteiger partial charge in [0.2, 0.25) is 17.7 Å². The summed E-state index contributed by atoms with van der Waals surface area (Å²) in [6.45, 7) is 6.21. The second-order valence-electron chi connectivity index (χ2n) is 10.3. The van der Waals surface area contributed by atoms with E-state index in [1.165, 1.54) is 0 Å². The van der Waals surface area contributed by atoms with Crippen LogP contribution in [0.15, 0.2) is 72.8 Å². The van der Waals surface area contributed by atoms with Crippen LogP contribution in [0.5, 0.6) is 0 Å². The van der Waals surface area contributed by atoms with Crippen LogP contribution in [-0.2, 0) is 14.4 Å². The Hall–Kier alpha value is -3.93. The third-order valence-electron chi connectivity index (χ3n) is 6.86. The molecule has 3 aromatic carbocycles. The molecule has 0 bridgehead atoms. The number of unbranched alkanes of at least 4 members (excludes halogenated alkanes) is 3. The van der Waals surface area contributed by atoms with Gasteiger partial charge in [0, 0.05) is 42.2 Å². The highest BCUT2D eigenvalue weighted by molar-refractivity contribution is 5.91. The van der Waals surface area contributed by atoms with E-state index in [1.807, 2.05) is 72.8 Å². The van der Waals surface area contributed by atoms with Gasteiger partial charge in [0.25, 0.3) is 0 Å². The van der Waals surface area contributed by atoms with Gasteiger partial charge in [-0.1, -0.05) is 76.4 Å². The van der Waals surface area contributed by atoms with E-state index in [9.17, 15) is 14.4 Å². The van der Waals surface area contributed by atoms with Crippen LogP contribution in [0.3, 0.4) is 0 Å². The normalized spacial score (nSPS) is 10.8. The lowest BCUT2D eigenvalue weighted by atomic mass is 9.85. The van der Waals surface area contributed by atoms with Crippen LogP contribution in [-0.4, -0.2) is 17.7 Å². The number of amides is 3. The fourth-order valence-electron chi connectivity index (χ4n) is 4.54. The number of carbonyl (C=O) groups is 3. The van der Waals surface area contributed by atoms with E-state index in [1.54, 1.807) is 0 Å². The van der Waals surface area contributed by atoms with Gasteiger partial charge in [-0.15, -0.1) is 0 Å². The fraction of sp³-hybridized carbons (Fsp3) is 0.382. The Morgan fingerprint density at radius 3 is 0.950 bits per heavy atom. The Labute approximate surface area is 239 Å². The maximum Gasteiger partial charge on any atom is 0.224 e. The first-order valence-corrected chi connectivity index (χ1v) is 14.6. The van der Waals surface area contributed by atoms with Gasteiger partial charge >= 0.3 is 0 Å². The average Bonchev–Trinajstić information content (AvgIpc) is 2.96. The zero-order valence-corrected chi connectivity index (χ0v) is 24.1. The van der Waals surface area contributed by atoms with Crippen molar-refractivity contribution < 1.29 is 14.4 Å². The van der Waals surface area contributed by atoms with Gasteiger partial charge in [0.1, 0.15) is 0 Å². The molecule has 0 aliphatic rings. The Bertz CT molecular complexity index is 1060. The minimum absolute atomic E-state index is 0.0271. The first-order chi connectivity index (χ1) is 19.4. The molecule has 3 aromatic rings. The SMILES string of the molecule is CCCCC(=O)Nc1ccc(C(c2ccc(NC(=O)CCCC)cc2)c2ccc(NC(=O)CCCC)cc2)cc1. The Kier molecular flexibility index (Phi) is 12.4. The number of hydrogen-bond acceptors (Lipinski definition) is 3. The van der Waals surface area contributed by atoms with Crippen molar-refractivity contribution in [3.63, 3.8) is 0 Å². The van der Waals surface area contributed by atoms with Crippen LogP contribution >= 0.6 is 0 Å². The first-order valence-electron chi connectivity index (χ1n) is 14.6. The molecule has 0 aliphatic carbocycles. The van der Waals surface area contributed by atoms with Crippen molar-refractivity contribution >= 4 is 34.8 Å². The van der Waals surface area contributed by atoms with Gasteiger partial charge < -0.3 is 16.0 Å². The Balaban J connectivity index is 1.84. The minimum Gasteiger partial charge on any atom is -0.326 e. The van der Waals surface area contributed by atoms with E-state index in [0.717, 1.165) is 72.3 Å². The van der Waals surface area contributed by atoms with Crippen molar-refractivity contribution in [2.45, 2.75) is 84.5 Å². The molecule has 0 spiro atoms. The number of rotatable bonds is 15. The number of anilines is 3. The van der Waals surface area contributed by atoms with E-state index in [-0.39, 0.29) is 23.6 Å². The molecule has 0 atom stereocenters. The first kappa shape index (κ1) is 30.6. The molecule has 3 N–H and O–H groups in total. The molecule has 40 heavy (non-hydrogen) atoms. The minimum atomic E-state index is -0.0699. The summed E-state index contributed by atoms with van der Waals surface area (Å²) in [5.41, 5.74) is 5.56. The average molecular weight is 542 g/mol. The van der Waals surface area contributed by atoms with Gasteiger partial charge in [-0.25, -0.2) is 0 Å². The van der Waals surface area contributed by atoms with Crippen LogP contribution in [0, 0.1) is 0 Å². The van der Waals surface area contributed by atoms with E-state index >= 15 is 0 Å². The molecule has 0 heterocycles. The monoisotopic (exact) mass is 541 g/mol. The van der Waals surface area contributed by atoms with Crippen LogP contribution < -0.4 is 16.0 Å². The largest absolute Gasteiger partial charge is 0.326 e. The van der Waals surface area contributed by atoms with Crippen molar-refractivity contribution in [2.24, 2.45) is 0 Å². The maximum atomic E-state index is 12.2. The molecule has 0 aromatic heterocycles. The molecule has 212 valence electrons. The third kappa shape index (κ3) is 9.67. The molecule has 0 aliphatic heterocycles. The van der Waals surface area contributed by atoms with Gasteiger partial charge in [0.05, 0.1) is 0 Å². The molecule has 6 nitrogen and oxygen atoms in total. The van der Waals surface area contributed by atoms with E-state index in [2.05, 4.69) is 36.7 Å². The molecular weight excluding hydrogens is 498 g/mol. The standard InChI is InChI=1S/C34H43N3O3/c1-4-7-10-31(38)35-28-19-13-25(14-20-28)34(26-15-21-29(22-16-26)36-32(39)11-8-5-2)27-17-23-30(24-18-27)37-33(40)12-9-6-3/h13-24,34H,4-12H2,1-3H3,(H,35,38)(H,36,39)(H,37,40). The summed E-state index contributed by atoms with van der Waals surface area (Å²) in [7, 11) is 0. The highest BCUT2D eigenvalue weighted by atomic mass is 16.2. The van der Waals surface area contributed by atoms with Crippen LogP contribution in [0.25, 0.3) is 0 Å². The molecule has 0 saturated carbocycles. The number of hydrogen-bond donors (Lipinski definition) is 3. The Morgan fingerprint density at radius 2 is 0.725 bits per heavy atom. The van der Waals surface area contributed by atoms with E-state index < -0.39 is 0 Å². The quantitative estimate of drug-likeness (QED) is 0.169. The number of carbonyl (C=O) groups excluding carboxylic acids is 3. The van der Waals surface area contributed by atoms with E-state index in [4.69, 9.17) is 0 Å². The summed E-state index contributed by atoms with van der Waals surface area (Å²) < 4.78 is 0. The van der Waals surface area contributed by atoms with Crippen molar-refractivity contribution in [2.75, 3.05) is 16.0 Å². The molecule has 0 radical (unpaired) electrons. The van der Waals surface area contributed by atoms with Gasteiger partial charge in [-0.05, 0) is 72.4 Å². The van der Waals surface area contributed by atoms with Crippen LogP contribution in [0.1, 0.15) is 101 Å². The van der Waals surface area contributed by atoms with Crippen LogP contribution in [0.4, 0.5) is 17.1 Å². The van der Waals surface area contributed by atoms with Crippen molar-refractivity contribution in [1.29, 1.82) is 0 Å². The predicted molar refractivity (Wildman–Crippen MR) is 165 cm³/mol. The smallest absolute Gasteiger partial charge is 0.224 e. The molecular formula is C34H43N3O3. The lowest BCUT2D eigenvalue weighted by Crippen LogP contribution is -2.12. The molecule has 0 unspecified atom stereocenters. The van der Waals surface area contributed by atoms with Crippen LogP contribution in [0.2, 0.25) is 0 Å². The third-order valence-corrected chi connectivity index (χ3v) is 6.86. The maximum absolute atomic E-state index is 12.2. The molecule has 3 amide bonds. The summed E-state index contributed by atoms with van der Waals surface area (Å²) in [4.78, 5) is 36.6. The Morgan fingerprint density at radius 1 is 0.475 bits per heavy atom. The number of nitrogens with one attached hydrogen (secondary N) is 3. The van der Waals surface area contributed by atoms with Crippen molar-refractivity contribution in [3.8, 4) is 0 Å². The van der Waals surface area contributed by atoms with Gasteiger partial charge in [-0.2, -0.15) is 0 Å². The molecule has 3 rings (SSSR count). The van der Waals surface area contributed by atoms with Crippen molar-refractivity contribution in [3.05, 3.63) is 89.5 Å². The zero-order chi connectivity index (χ0) is 28.7. The molecule has 6 heteroatoms. The second-order valence-corrected chi connectivity index (χ2v) is 10.3. The van der Waals surface area contributed by atoms with Crippen molar-refractivity contribution in [1.82, 2.24) is 0 Å². The predicted octanol–water partition coefficient (Wildman–Crippen LogP) is 8.25. The summed E-state index contributed by atoms with van der Waals surface area (Å²) in [6, 6.07) is 23.9. The van der Waals surface area contributed by atoms with Gasteiger partial charge in [-0.3, -0.25) is 14.4 Å². The summed E-state index contributed by atoms with van der Waals surface area (Å²) in [6.07, 6.45) is 7.11. The summed E-state index contributed by atoms with van der Waals surface area (Å²) in [5.74, 6) is 0.0115. The highest BCUT2D eigenvalue weighted by Gasteiger charge is 2.18. The number of benzene rings is 3. The summed E-state index contributed by atoms with van der Waals surface area (Å²) in [5, 5.41) is 8.95.